The summed E-state index contributed by atoms with van der Waals surface area (Å²) >= 11 is 6.16. The highest BCUT2D eigenvalue weighted by Crippen LogP contribution is 2.18. The first kappa shape index (κ1) is 20.8. The molecule has 0 aromatic heterocycles. The molecule has 0 saturated carbocycles. The Kier molecular flexibility index (Phi) is 7.67. The Bertz CT molecular complexity index is 795. The molecule has 0 radical (unpaired) electrons. The number of nitrogens with zero attached hydrogens (tertiary/aromatic N) is 1. The zero-order chi connectivity index (χ0) is 19.8. The summed E-state index contributed by atoms with van der Waals surface area (Å²) in [5.41, 5.74) is 2.76. The van der Waals surface area contributed by atoms with Gasteiger partial charge in [-0.3, -0.25) is 9.59 Å². The number of carboxylic acids is 1. The van der Waals surface area contributed by atoms with Crippen molar-refractivity contribution in [3.63, 3.8) is 0 Å². The Hall–Kier alpha value is -2.53. The van der Waals surface area contributed by atoms with Crippen molar-refractivity contribution in [2.24, 2.45) is 0 Å². The summed E-state index contributed by atoms with van der Waals surface area (Å²) in [6.07, 6.45) is 0.934. The van der Waals surface area contributed by atoms with E-state index in [4.69, 9.17) is 16.7 Å². The van der Waals surface area contributed by atoms with Crippen molar-refractivity contribution >= 4 is 29.2 Å². The summed E-state index contributed by atoms with van der Waals surface area (Å²) < 4.78 is 0. The SMILES string of the molecule is CC(CC(=O)N(C)Cc1ccccc1Cl)Nc1cccc(CCC(=O)O)c1. The number of hydrogen-bond acceptors (Lipinski definition) is 3. The van der Waals surface area contributed by atoms with E-state index in [9.17, 15) is 9.59 Å². The van der Waals surface area contributed by atoms with Crippen LogP contribution < -0.4 is 5.32 Å². The van der Waals surface area contributed by atoms with Crippen LogP contribution >= 0.6 is 11.6 Å². The van der Waals surface area contributed by atoms with E-state index in [1.165, 1.54) is 0 Å². The molecular formula is C21H25ClN2O3. The molecule has 0 fully saturated rings. The van der Waals surface area contributed by atoms with Crippen molar-refractivity contribution in [1.82, 2.24) is 4.90 Å². The van der Waals surface area contributed by atoms with Crippen molar-refractivity contribution in [2.75, 3.05) is 12.4 Å². The molecule has 0 spiro atoms. The van der Waals surface area contributed by atoms with Crippen LogP contribution in [0.3, 0.4) is 0 Å². The topological polar surface area (TPSA) is 69.6 Å². The molecule has 2 aromatic carbocycles. The summed E-state index contributed by atoms with van der Waals surface area (Å²) in [6.45, 7) is 2.42. The second-order valence-corrected chi connectivity index (χ2v) is 7.09. The van der Waals surface area contributed by atoms with Gasteiger partial charge in [-0.2, -0.15) is 0 Å². The van der Waals surface area contributed by atoms with Gasteiger partial charge in [0.25, 0.3) is 0 Å². The molecule has 0 aliphatic carbocycles. The summed E-state index contributed by atoms with van der Waals surface area (Å²) in [7, 11) is 1.77. The highest BCUT2D eigenvalue weighted by molar-refractivity contribution is 6.31. The van der Waals surface area contributed by atoms with Crippen LogP contribution in [0.2, 0.25) is 5.02 Å². The van der Waals surface area contributed by atoms with E-state index in [0.29, 0.717) is 24.4 Å². The Morgan fingerprint density at radius 2 is 1.93 bits per heavy atom. The van der Waals surface area contributed by atoms with E-state index in [-0.39, 0.29) is 18.4 Å². The highest BCUT2D eigenvalue weighted by atomic mass is 35.5. The molecule has 0 bridgehead atoms. The number of carbonyl (C=O) groups is 2. The largest absolute Gasteiger partial charge is 0.481 e. The molecule has 144 valence electrons. The van der Waals surface area contributed by atoms with Gasteiger partial charge in [0, 0.05) is 43.2 Å². The van der Waals surface area contributed by atoms with Gasteiger partial charge in [-0.15, -0.1) is 0 Å². The van der Waals surface area contributed by atoms with E-state index in [1.54, 1.807) is 11.9 Å². The van der Waals surface area contributed by atoms with Crippen molar-refractivity contribution in [2.45, 2.75) is 38.8 Å². The number of benzene rings is 2. The molecule has 0 aliphatic heterocycles. The first-order valence-corrected chi connectivity index (χ1v) is 9.27. The van der Waals surface area contributed by atoms with E-state index in [2.05, 4.69) is 5.32 Å². The van der Waals surface area contributed by atoms with Crippen LogP contribution in [0.1, 0.15) is 30.9 Å². The molecular weight excluding hydrogens is 364 g/mol. The van der Waals surface area contributed by atoms with Crippen LogP contribution in [0.15, 0.2) is 48.5 Å². The second-order valence-electron chi connectivity index (χ2n) is 6.68. The van der Waals surface area contributed by atoms with Crippen LogP contribution in [-0.4, -0.2) is 35.0 Å². The molecule has 2 N–H and O–H groups in total. The Morgan fingerprint density at radius 1 is 1.19 bits per heavy atom. The predicted molar refractivity (Wildman–Crippen MR) is 108 cm³/mol. The van der Waals surface area contributed by atoms with E-state index in [0.717, 1.165) is 16.8 Å². The number of carbonyl (C=O) groups excluding carboxylic acids is 1. The van der Waals surface area contributed by atoms with Gasteiger partial charge < -0.3 is 15.3 Å². The zero-order valence-corrected chi connectivity index (χ0v) is 16.4. The maximum absolute atomic E-state index is 12.5. The highest BCUT2D eigenvalue weighted by Gasteiger charge is 2.15. The Labute approximate surface area is 165 Å². The molecule has 2 aromatic rings. The van der Waals surface area contributed by atoms with Crippen LogP contribution in [0.5, 0.6) is 0 Å². The Balaban J connectivity index is 1.88. The van der Waals surface area contributed by atoms with Gasteiger partial charge in [0.05, 0.1) is 0 Å². The molecule has 5 nitrogen and oxygen atoms in total. The normalized spacial score (nSPS) is 11.7. The van der Waals surface area contributed by atoms with Crippen molar-refractivity contribution in [3.8, 4) is 0 Å². The number of nitrogens with one attached hydrogen (secondary N) is 1. The third kappa shape index (κ3) is 6.94. The summed E-state index contributed by atoms with van der Waals surface area (Å²) in [5.74, 6) is -0.786. The van der Waals surface area contributed by atoms with Gasteiger partial charge in [0.1, 0.15) is 0 Å². The molecule has 0 aliphatic rings. The van der Waals surface area contributed by atoms with Crippen molar-refractivity contribution < 1.29 is 14.7 Å². The second kappa shape index (κ2) is 9.97. The predicted octanol–water partition coefficient (Wildman–Crippen LogP) is 4.21. The lowest BCUT2D eigenvalue weighted by molar-refractivity contribution is -0.137. The third-order valence-corrected chi connectivity index (χ3v) is 4.61. The third-order valence-electron chi connectivity index (χ3n) is 4.24. The van der Waals surface area contributed by atoms with E-state index >= 15 is 0 Å². The van der Waals surface area contributed by atoms with Crippen molar-refractivity contribution in [1.29, 1.82) is 0 Å². The number of aryl methyl sites for hydroxylation is 1. The number of anilines is 1. The molecule has 0 heterocycles. The zero-order valence-electron chi connectivity index (χ0n) is 15.6. The standard InChI is InChI=1S/C21H25ClN2O3/c1-15(23-18-8-5-6-16(13-18)10-11-21(26)27)12-20(25)24(2)14-17-7-3-4-9-19(17)22/h3-9,13,15,23H,10-12,14H2,1-2H3,(H,26,27). The maximum atomic E-state index is 12.5. The lowest BCUT2D eigenvalue weighted by Gasteiger charge is -2.21. The smallest absolute Gasteiger partial charge is 0.303 e. The minimum absolute atomic E-state index is 0.0250. The van der Waals surface area contributed by atoms with Gasteiger partial charge in [-0.1, -0.05) is 41.9 Å². The monoisotopic (exact) mass is 388 g/mol. The van der Waals surface area contributed by atoms with E-state index < -0.39 is 5.97 Å². The summed E-state index contributed by atoms with van der Waals surface area (Å²) in [6, 6.07) is 15.1. The number of halogens is 1. The first-order valence-electron chi connectivity index (χ1n) is 8.90. The molecule has 1 unspecified atom stereocenters. The van der Waals surface area contributed by atoms with Gasteiger partial charge >= 0.3 is 5.97 Å². The summed E-state index contributed by atoms with van der Waals surface area (Å²) in [4.78, 5) is 24.9. The molecule has 27 heavy (non-hydrogen) atoms. The van der Waals surface area contributed by atoms with E-state index in [1.807, 2.05) is 55.5 Å². The lowest BCUT2D eigenvalue weighted by atomic mass is 10.1. The molecule has 1 atom stereocenters. The number of amides is 1. The van der Waals surface area contributed by atoms with Gasteiger partial charge in [0.2, 0.25) is 5.91 Å². The number of aliphatic carboxylic acids is 1. The Morgan fingerprint density at radius 3 is 2.63 bits per heavy atom. The molecule has 2 rings (SSSR count). The average Bonchev–Trinajstić information content (AvgIpc) is 2.62. The molecule has 0 saturated heterocycles. The quantitative estimate of drug-likeness (QED) is 0.675. The fraction of sp³-hybridized carbons (Fsp3) is 0.333. The van der Waals surface area contributed by atoms with Gasteiger partial charge in [-0.25, -0.2) is 0 Å². The minimum atomic E-state index is -0.811. The van der Waals surface area contributed by atoms with Crippen molar-refractivity contribution in [3.05, 3.63) is 64.7 Å². The fourth-order valence-electron chi connectivity index (χ4n) is 2.79. The lowest BCUT2D eigenvalue weighted by Crippen LogP contribution is -2.31. The van der Waals surface area contributed by atoms with Crippen LogP contribution in [0.25, 0.3) is 0 Å². The first-order chi connectivity index (χ1) is 12.8. The molecule has 1 amide bonds. The van der Waals surface area contributed by atoms with Crippen LogP contribution in [0.4, 0.5) is 5.69 Å². The number of carboxylic acid groups (broad SMARTS) is 1. The number of rotatable bonds is 9. The van der Waals surface area contributed by atoms with Gasteiger partial charge in [0.15, 0.2) is 0 Å². The van der Waals surface area contributed by atoms with Crippen LogP contribution in [0, 0.1) is 0 Å². The van der Waals surface area contributed by atoms with Crippen LogP contribution in [-0.2, 0) is 22.6 Å². The summed E-state index contributed by atoms with van der Waals surface area (Å²) in [5, 5.41) is 12.8. The maximum Gasteiger partial charge on any atom is 0.303 e. The molecule has 6 heteroatoms. The number of hydrogen-bond donors (Lipinski definition) is 2. The van der Waals surface area contributed by atoms with Gasteiger partial charge in [-0.05, 0) is 42.7 Å². The fourth-order valence-corrected chi connectivity index (χ4v) is 2.99. The average molecular weight is 389 g/mol. The minimum Gasteiger partial charge on any atom is -0.481 e.